The van der Waals surface area contributed by atoms with Crippen molar-refractivity contribution >= 4 is 11.9 Å². The van der Waals surface area contributed by atoms with Crippen molar-refractivity contribution in [3.05, 3.63) is 59.2 Å². The Morgan fingerprint density at radius 3 is 2.44 bits per heavy atom. The van der Waals surface area contributed by atoms with Crippen LogP contribution in [0.15, 0.2) is 42.5 Å². The summed E-state index contributed by atoms with van der Waals surface area (Å²) in [5, 5.41) is 11.3. The number of benzene rings is 2. The summed E-state index contributed by atoms with van der Waals surface area (Å²) in [6, 6.07) is 13.7. The maximum Gasteiger partial charge on any atom is 0.303 e. The third kappa shape index (κ3) is 5.95. The number of carbonyl (C=O) groups excluding carboxylic acids is 1. The molecule has 0 radical (unpaired) electrons. The smallest absolute Gasteiger partial charge is 0.303 e. The lowest BCUT2D eigenvalue weighted by molar-refractivity contribution is -0.138. The number of hydrogen-bond donors (Lipinski definition) is 2. The molecule has 5 nitrogen and oxygen atoms in total. The lowest BCUT2D eigenvalue weighted by atomic mass is 10.1. The van der Waals surface area contributed by atoms with Gasteiger partial charge in [0.25, 0.3) is 0 Å². The van der Waals surface area contributed by atoms with Crippen LogP contribution in [-0.4, -0.2) is 23.5 Å². The fourth-order valence-corrected chi connectivity index (χ4v) is 2.34. The molecule has 5 heteroatoms. The van der Waals surface area contributed by atoms with E-state index in [-0.39, 0.29) is 18.7 Å². The van der Waals surface area contributed by atoms with Gasteiger partial charge in [0.15, 0.2) is 0 Å². The fraction of sp³-hybridized carbons (Fsp3) is 0.300. The number of aryl methyl sites for hydroxylation is 1. The van der Waals surface area contributed by atoms with Crippen LogP contribution >= 0.6 is 0 Å². The number of hydrogen-bond acceptors (Lipinski definition) is 3. The quantitative estimate of drug-likeness (QED) is 0.769. The molecule has 0 atom stereocenters. The predicted octanol–water partition coefficient (Wildman–Crippen LogP) is 3.62. The molecule has 0 aliphatic rings. The van der Waals surface area contributed by atoms with Gasteiger partial charge in [-0.2, -0.15) is 0 Å². The third-order valence-corrected chi connectivity index (χ3v) is 4.01. The van der Waals surface area contributed by atoms with Crippen LogP contribution in [0.5, 0.6) is 11.5 Å². The van der Waals surface area contributed by atoms with Crippen LogP contribution in [0.3, 0.4) is 0 Å². The second-order valence-corrected chi connectivity index (χ2v) is 5.94. The van der Waals surface area contributed by atoms with Gasteiger partial charge in [-0.3, -0.25) is 9.59 Å². The number of nitrogens with one attached hydrogen (secondary N) is 1. The van der Waals surface area contributed by atoms with Gasteiger partial charge in [0, 0.05) is 13.0 Å². The molecule has 0 aliphatic heterocycles. The van der Waals surface area contributed by atoms with E-state index in [9.17, 15) is 9.59 Å². The minimum atomic E-state index is -0.963. The molecule has 132 valence electrons. The van der Waals surface area contributed by atoms with Gasteiger partial charge in [0.05, 0.1) is 6.42 Å². The van der Waals surface area contributed by atoms with E-state index in [2.05, 4.69) is 18.3 Å². The first-order chi connectivity index (χ1) is 12.0. The van der Waals surface area contributed by atoms with Crippen molar-refractivity contribution in [2.75, 3.05) is 6.54 Å². The zero-order chi connectivity index (χ0) is 18.2. The van der Waals surface area contributed by atoms with Gasteiger partial charge in [-0.25, -0.2) is 0 Å². The number of carbonyl (C=O) groups is 2. The Balaban J connectivity index is 1.83. The fourth-order valence-electron chi connectivity index (χ4n) is 2.34. The van der Waals surface area contributed by atoms with E-state index in [1.54, 1.807) is 0 Å². The van der Waals surface area contributed by atoms with Crippen LogP contribution in [0.2, 0.25) is 0 Å². The first-order valence-corrected chi connectivity index (χ1v) is 8.27. The highest BCUT2D eigenvalue weighted by molar-refractivity contribution is 5.80. The summed E-state index contributed by atoms with van der Waals surface area (Å²) in [5.41, 5.74) is 3.38. The van der Waals surface area contributed by atoms with Crippen molar-refractivity contribution in [2.24, 2.45) is 0 Å². The molecule has 0 unspecified atom stereocenters. The molecule has 2 aromatic carbocycles. The topological polar surface area (TPSA) is 75.6 Å². The van der Waals surface area contributed by atoms with Crippen LogP contribution < -0.4 is 10.1 Å². The number of amides is 1. The lowest BCUT2D eigenvalue weighted by Gasteiger charge is -2.11. The zero-order valence-electron chi connectivity index (χ0n) is 14.5. The van der Waals surface area contributed by atoms with Crippen molar-refractivity contribution in [1.29, 1.82) is 0 Å². The summed E-state index contributed by atoms with van der Waals surface area (Å²) in [7, 11) is 0. The van der Waals surface area contributed by atoms with Crippen LogP contribution in [0.4, 0.5) is 0 Å². The summed E-state index contributed by atoms with van der Waals surface area (Å²) >= 11 is 0. The Hall–Kier alpha value is -2.82. The Kier molecular flexibility index (Phi) is 6.57. The molecule has 25 heavy (non-hydrogen) atoms. The number of ether oxygens (including phenoxy) is 1. The number of aliphatic carboxylic acids is 1. The molecule has 0 saturated heterocycles. The first-order valence-electron chi connectivity index (χ1n) is 8.27. The van der Waals surface area contributed by atoms with Gasteiger partial charge in [-0.15, -0.1) is 0 Å². The van der Waals surface area contributed by atoms with Gasteiger partial charge in [-0.05, 0) is 55.2 Å². The SMILES string of the molecule is Cc1cccc(Oc2ccc(CCNC(=O)CCC(=O)O)cc2)c1C. The van der Waals surface area contributed by atoms with Gasteiger partial charge in [-0.1, -0.05) is 24.3 Å². The van der Waals surface area contributed by atoms with E-state index in [4.69, 9.17) is 9.84 Å². The standard InChI is InChI=1S/C20H23NO4/c1-14-4-3-5-18(15(14)2)25-17-8-6-16(7-9-17)12-13-21-19(22)10-11-20(23)24/h3-9H,10-13H2,1-2H3,(H,21,22)(H,23,24). The second kappa shape index (κ2) is 8.87. The molecular weight excluding hydrogens is 318 g/mol. The minimum absolute atomic E-state index is 0.0119. The summed E-state index contributed by atoms with van der Waals surface area (Å²) in [5.74, 6) is 0.410. The highest BCUT2D eigenvalue weighted by atomic mass is 16.5. The third-order valence-electron chi connectivity index (χ3n) is 4.01. The number of carboxylic acid groups (broad SMARTS) is 1. The summed E-state index contributed by atoms with van der Waals surface area (Å²) in [4.78, 5) is 21.9. The van der Waals surface area contributed by atoms with Crippen LogP contribution in [0.25, 0.3) is 0 Å². The second-order valence-electron chi connectivity index (χ2n) is 5.94. The maximum atomic E-state index is 11.5. The number of carboxylic acids is 1. The Morgan fingerprint density at radius 2 is 1.76 bits per heavy atom. The van der Waals surface area contributed by atoms with Crippen molar-refractivity contribution in [3.63, 3.8) is 0 Å². The molecule has 0 heterocycles. The minimum Gasteiger partial charge on any atom is -0.481 e. The van der Waals surface area contributed by atoms with Crippen molar-refractivity contribution < 1.29 is 19.4 Å². The van der Waals surface area contributed by atoms with Gasteiger partial charge < -0.3 is 15.2 Å². The summed E-state index contributed by atoms with van der Waals surface area (Å²) in [6.07, 6.45) is 0.552. The summed E-state index contributed by atoms with van der Waals surface area (Å²) < 4.78 is 5.92. The maximum absolute atomic E-state index is 11.5. The molecule has 0 bridgehead atoms. The molecule has 0 fully saturated rings. The average molecular weight is 341 g/mol. The molecule has 2 aromatic rings. The lowest BCUT2D eigenvalue weighted by Crippen LogP contribution is -2.25. The monoisotopic (exact) mass is 341 g/mol. The molecule has 1 amide bonds. The zero-order valence-corrected chi connectivity index (χ0v) is 14.5. The highest BCUT2D eigenvalue weighted by Gasteiger charge is 2.06. The van der Waals surface area contributed by atoms with Crippen molar-refractivity contribution in [1.82, 2.24) is 5.32 Å². The molecular formula is C20H23NO4. The Morgan fingerprint density at radius 1 is 1.04 bits per heavy atom. The van der Waals surface area contributed by atoms with Crippen molar-refractivity contribution in [3.8, 4) is 11.5 Å². The van der Waals surface area contributed by atoms with E-state index in [1.165, 1.54) is 5.56 Å². The molecule has 2 N–H and O–H groups in total. The predicted molar refractivity (Wildman–Crippen MR) is 96.0 cm³/mol. The molecule has 2 rings (SSSR count). The van der Waals surface area contributed by atoms with Crippen LogP contribution in [-0.2, 0) is 16.0 Å². The molecule has 0 aromatic heterocycles. The van der Waals surface area contributed by atoms with E-state index >= 15 is 0 Å². The van der Waals surface area contributed by atoms with E-state index in [1.807, 2.05) is 43.3 Å². The Labute approximate surface area is 147 Å². The first kappa shape index (κ1) is 18.5. The average Bonchev–Trinajstić information content (AvgIpc) is 2.58. The van der Waals surface area contributed by atoms with Crippen LogP contribution in [0, 0.1) is 13.8 Å². The largest absolute Gasteiger partial charge is 0.481 e. The molecule has 0 aliphatic carbocycles. The normalized spacial score (nSPS) is 10.3. The Bertz CT molecular complexity index is 738. The molecule has 0 spiro atoms. The number of rotatable bonds is 8. The van der Waals surface area contributed by atoms with E-state index in [0.717, 1.165) is 22.6 Å². The van der Waals surface area contributed by atoms with Crippen LogP contribution in [0.1, 0.15) is 29.5 Å². The van der Waals surface area contributed by atoms with Gasteiger partial charge in [0.2, 0.25) is 5.91 Å². The van der Waals surface area contributed by atoms with Gasteiger partial charge >= 0.3 is 5.97 Å². The summed E-state index contributed by atoms with van der Waals surface area (Å²) in [6.45, 7) is 4.57. The van der Waals surface area contributed by atoms with Gasteiger partial charge in [0.1, 0.15) is 11.5 Å². The van der Waals surface area contributed by atoms with Crippen molar-refractivity contribution in [2.45, 2.75) is 33.1 Å². The van der Waals surface area contributed by atoms with E-state index in [0.29, 0.717) is 13.0 Å². The van der Waals surface area contributed by atoms with E-state index < -0.39 is 5.97 Å². The molecule has 0 saturated carbocycles. The highest BCUT2D eigenvalue weighted by Crippen LogP contribution is 2.26.